The fourth-order valence-corrected chi connectivity index (χ4v) is 4.01. The summed E-state index contributed by atoms with van der Waals surface area (Å²) in [4.78, 5) is 4.37. The van der Waals surface area contributed by atoms with Crippen LogP contribution in [0.1, 0.15) is 33.6 Å². The van der Waals surface area contributed by atoms with E-state index in [1.165, 1.54) is 27.9 Å². The van der Waals surface area contributed by atoms with Crippen LogP contribution in [0, 0.1) is 13.8 Å². The number of aryl methyl sites for hydroxylation is 1. The zero-order chi connectivity index (χ0) is 21.6. The van der Waals surface area contributed by atoms with Crippen LogP contribution in [0.3, 0.4) is 0 Å². The van der Waals surface area contributed by atoms with Crippen LogP contribution in [0.2, 0.25) is 0 Å². The fourth-order valence-electron chi connectivity index (χ4n) is 4.01. The summed E-state index contributed by atoms with van der Waals surface area (Å²) in [6.07, 6.45) is 1.96. The smallest absolute Gasteiger partial charge is 0.191 e. The molecule has 31 heavy (non-hydrogen) atoms. The highest BCUT2D eigenvalue weighted by molar-refractivity contribution is 5.79. The average Bonchev–Trinajstić information content (AvgIpc) is 3.35. The molecular formula is C25H31N5O. The number of nitrogens with one attached hydrogen (secondary N) is 2. The number of fused-ring (bicyclic) bond motifs is 1. The molecule has 162 valence electrons. The predicted octanol–water partition coefficient (Wildman–Crippen LogP) is 3.39. The van der Waals surface area contributed by atoms with E-state index in [4.69, 9.17) is 9.84 Å². The lowest BCUT2D eigenvalue weighted by atomic mass is 10.1. The molecule has 0 atom stereocenters. The molecule has 6 nitrogen and oxygen atoms in total. The van der Waals surface area contributed by atoms with Gasteiger partial charge in [0, 0.05) is 37.8 Å². The standard InChI is InChI=1S/C25H31N5O/c1-18-23(19(2)30(29-18)17-21-7-5-4-6-8-21)16-28-25(26-3)27-13-11-20-9-10-24-22(15-20)12-14-31-24/h4-10,15H,11-14,16-17H2,1-3H3,(H2,26,27,28). The van der Waals surface area contributed by atoms with Gasteiger partial charge in [-0.1, -0.05) is 42.5 Å². The zero-order valence-corrected chi connectivity index (χ0v) is 18.6. The Hall–Kier alpha value is -3.28. The SMILES string of the molecule is CN=C(NCCc1ccc2c(c1)CCO2)NCc1c(C)nn(Cc2ccccc2)c1C. The van der Waals surface area contributed by atoms with Crippen LogP contribution in [0.4, 0.5) is 0 Å². The minimum absolute atomic E-state index is 0.697. The average molecular weight is 418 g/mol. The Morgan fingerprint density at radius 2 is 1.94 bits per heavy atom. The van der Waals surface area contributed by atoms with Gasteiger partial charge in [0.25, 0.3) is 0 Å². The van der Waals surface area contributed by atoms with Gasteiger partial charge in [-0.05, 0) is 43.0 Å². The van der Waals surface area contributed by atoms with E-state index in [0.29, 0.717) is 6.54 Å². The third kappa shape index (κ3) is 5.08. The molecule has 4 rings (SSSR count). The summed E-state index contributed by atoms with van der Waals surface area (Å²) in [6, 6.07) is 16.9. The van der Waals surface area contributed by atoms with Gasteiger partial charge in [0.05, 0.1) is 18.8 Å². The lowest BCUT2D eigenvalue weighted by Gasteiger charge is -2.13. The molecular weight excluding hydrogens is 386 g/mol. The minimum Gasteiger partial charge on any atom is -0.493 e. The number of rotatable bonds is 7. The summed E-state index contributed by atoms with van der Waals surface area (Å²) in [5.41, 5.74) is 7.35. The first-order valence-electron chi connectivity index (χ1n) is 10.9. The van der Waals surface area contributed by atoms with E-state index in [2.05, 4.69) is 76.6 Å². The lowest BCUT2D eigenvalue weighted by molar-refractivity contribution is 0.357. The monoisotopic (exact) mass is 417 g/mol. The van der Waals surface area contributed by atoms with E-state index in [0.717, 1.165) is 49.9 Å². The Kier molecular flexibility index (Phi) is 6.55. The number of hydrogen-bond donors (Lipinski definition) is 2. The topological polar surface area (TPSA) is 63.5 Å². The molecule has 2 heterocycles. The van der Waals surface area contributed by atoms with Crippen LogP contribution in [0.15, 0.2) is 53.5 Å². The molecule has 0 aliphatic carbocycles. The molecule has 0 fully saturated rings. The maximum absolute atomic E-state index is 5.59. The molecule has 0 saturated carbocycles. The van der Waals surface area contributed by atoms with Crippen molar-refractivity contribution in [2.75, 3.05) is 20.2 Å². The molecule has 3 aromatic rings. The van der Waals surface area contributed by atoms with Crippen LogP contribution >= 0.6 is 0 Å². The second kappa shape index (κ2) is 9.69. The Morgan fingerprint density at radius 3 is 2.74 bits per heavy atom. The molecule has 1 aliphatic rings. The third-order valence-electron chi connectivity index (χ3n) is 5.82. The molecule has 0 unspecified atom stereocenters. The van der Waals surface area contributed by atoms with Gasteiger partial charge in [-0.2, -0.15) is 5.10 Å². The van der Waals surface area contributed by atoms with Crippen molar-refractivity contribution in [1.82, 2.24) is 20.4 Å². The number of guanidine groups is 1. The largest absolute Gasteiger partial charge is 0.493 e. The van der Waals surface area contributed by atoms with Crippen LogP contribution in [0.5, 0.6) is 5.75 Å². The highest BCUT2D eigenvalue weighted by atomic mass is 16.5. The number of aliphatic imine (C=N–C) groups is 1. The van der Waals surface area contributed by atoms with E-state index < -0.39 is 0 Å². The third-order valence-corrected chi connectivity index (χ3v) is 5.82. The number of benzene rings is 2. The van der Waals surface area contributed by atoms with Crippen LogP contribution in [-0.4, -0.2) is 35.9 Å². The van der Waals surface area contributed by atoms with Crippen LogP contribution in [0.25, 0.3) is 0 Å². The van der Waals surface area contributed by atoms with Crippen molar-refractivity contribution in [3.8, 4) is 5.75 Å². The van der Waals surface area contributed by atoms with Gasteiger partial charge < -0.3 is 15.4 Å². The maximum Gasteiger partial charge on any atom is 0.191 e. The second-order valence-electron chi connectivity index (χ2n) is 7.94. The molecule has 0 radical (unpaired) electrons. The Labute approximate surface area is 184 Å². The Balaban J connectivity index is 1.30. The normalized spacial score (nSPS) is 13.1. The minimum atomic E-state index is 0.697. The number of nitrogens with zero attached hydrogens (tertiary/aromatic N) is 3. The molecule has 0 bridgehead atoms. The summed E-state index contributed by atoms with van der Waals surface area (Å²) < 4.78 is 7.67. The van der Waals surface area contributed by atoms with E-state index in [-0.39, 0.29) is 0 Å². The Bertz CT molecular complexity index is 1060. The van der Waals surface area contributed by atoms with Gasteiger partial charge in [-0.25, -0.2) is 0 Å². The zero-order valence-electron chi connectivity index (χ0n) is 18.6. The molecule has 6 heteroatoms. The summed E-state index contributed by atoms with van der Waals surface area (Å²) in [6.45, 7) is 7.31. The summed E-state index contributed by atoms with van der Waals surface area (Å²) in [7, 11) is 1.81. The number of hydrogen-bond acceptors (Lipinski definition) is 3. The summed E-state index contributed by atoms with van der Waals surface area (Å²) in [5, 5.41) is 11.6. The first-order chi connectivity index (χ1) is 15.1. The van der Waals surface area contributed by atoms with E-state index >= 15 is 0 Å². The van der Waals surface area contributed by atoms with Gasteiger partial charge >= 0.3 is 0 Å². The second-order valence-corrected chi connectivity index (χ2v) is 7.94. The van der Waals surface area contributed by atoms with Crippen molar-refractivity contribution in [2.24, 2.45) is 4.99 Å². The molecule has 1 aliphatic heterocycles. The Morgan fingerprint density at radius 1 is 1.10 bits per heavy atom. The van der Waals surface area contributed by atoms with Gasteiger partial charge in [0.2, 0.25) is 0 Å². The highest BCUT2D eigenvalue weighted by Gasteiger charge is 2.13. The predicted molar refractivity (Wildman–Crippen MR) is 125 cm³/mol. The van der Waals surface area contributed by atoms with Gasteiger partial charge in [0.1, 0.15) is 5.75 Å². The van der Waals surface area contributed by atoms with Crippen molar-refractivity contribution < 1.29 is 4.74 Å². The molecule has 1 aromatic heterocycles. The van der Waals surface area contributed by atoms with E-state index in [1.54, 1.807) is 7.05 Å². The van der Waals surface area contributed by atoms with Crippen molar-refractivity contribution >= 4 is 5.96 Å². The first kappa shape index (κ1) is 21.0. The van der Waals surface area contributed by atoms with Crippen LogP contribution < -0.4 is 15.4 Å². The van der Waals surface area contributed by atoms with Crippen LogP contribution in [-0.2, 0) is 25.9 Å². The molecule has 2 N–H and O–H groups in total. The molecule has 2 aromatic carbocycles. The van der Waals surface area contributed by atoms with Gasteiger partial charge in [-0.3, -0.25) is 9.67 Å². The quantitative estimate of drug-likeness (QED) is 0.457. The number of ether oxygens (including phenoxy) is 1. The fraction of sp³-hybridized carbons (Fsp3) is 0.360. The lowest BCUT2D eigenvalue weighted by Crippen LogP contribution is -2.38. The highest BCUT2D eigenvalue weighted by Crippen LogP contribution is 2.25. The van der Waals surface area contributed by atoms with Crippen molar-refractivity contribution in [3.63, 3.8) is 0 Å². The maximum atomic E-state index is 5.59. The molecule has 0 saturated heterocycles. The first-order valence-corrected chi connectivity index (χ1v) is 10.9. The van der Waals surface area contributed by atoms with Gasteiger partial charge in [-0.15, -0.1) is 0 Å². The van der Waals surface area contributed by atoms with E-state index in [9.17, 15) is 0 Å². The summed E-state index contributed by atoms with van der Waals surface area (Å²) >= 11 is 0. The summed E-state index contributed by atoms with van der Waals surface area (Å²) in [5.74, 6) is 1.84. The molecule has 0 spiro atoms. The van der Waals surface area contributed by atoms with Crippen molar-refractivity contribution in [3.05, 3.63) is 82.2 Å². The van der Waals surface area contributed by atoms with Crippen molar-refractivity contribution in [2.45, 2.75) is 39.8 Å². The van der Waals surface area contributed by atoms with Gasteiger partial charge in [0.15, 0.2) is 5.96 Å². The van der Waals surface area contributed by atoms with E-state index in [1.807, 2.05) is 6.07 Å². The number of aromatic nitrogens is 2. The van der Waals surface area contributed by atoms with Crippen molar-refractivity contribution in [1.29, 1.82) is 0 Å². The molecule has 0 amide bonds.